The molecule has 2 aromatic heterocycles. The molecule has 0 amide bonds. The van der Waals surface area contributed by atoms with Crippen molar-refractivity contribution in [3.8, 4) is 67.0 Å². The molecule has 2 nitrogen and oxygen atoms in total. The monoisotopic (exact) mass is 788 g/mol. The molecule has 0 radical (unpaired) electrons. The van der Waals surface area contributed by atoms with Crippen LogP contribution in [0.2, 0.25) is 0 Å². The van der Waals surface area contributed by atoms with Crippen LogP contribution in [0.5, 0.6) is 0 Å². The maximum absolute atomic E-state index is 2.42. The molecule has 12 rings (SSSR count). The first-order valence-corrected chi connectivity index (χ1v) is 21.3. The standard InChI is InChI=1S/C60H40N2/c1-3-17-41(18-4-1)49-25-7-9-27-51(49)45-21-15-23-47(37-45)61-57-31-13-11-29-53(57)55-39-43(33-35-59(55)61)44-34-36-60-56(40-44)54-30-12-14-32-58(54)62(60)48-24-16-22-46(38-48)52-28-10-8-26-50(52)42-19-5-2-6-20-42/h1-40H. The van der Waals surface area contributed by atoms with Crippen molar-refractivity contribution in [2.45, 2.75) is 0 Å². The number of nitrogens with zero attached hydrogens (tertiary/aromatic N) is 2. The van der Waals surface area contributed by atoms with Crippen molar-refractivity contribution in [3.63, 3.8) is 0 Å². The zero-order valence-corrected chi connectivity index (χ0v) is 34.0. The van der Waals surface area contributed by atoms with Gasteiger partial charge in [0.25, 0.3) is 0 Å². The van der Waals surface area contributed by atoms with Gasteiger partial charge in [0.1, 0.15) is 0 Å². The van der Waals surface area contributed by atoms with Crippen LogP contribution in [0.15, 0.2) is 243 Å². The van der Waals surface area contributed by atoms with Crippen LogP contribution in [0.1, 0.15) is 0 Å². The first kappa shape index (κ1) is 35.7. The maximum atomic E-state index is 2.42. The molecule has 0 saturated heterocycles. The number of hydrogen-bond donors (Lipinski definition) is 0. The van der Waals surface area contributed by atoms with Crippen LogP contribution in [0.25, 0.3) is 111 Å². The van der Waals surface area contributed by atoms with E-state index >= 15 is 0 Å². The number of para-hydroxylation sites is 2. The van der Waals surface area contributed by atoms with Crippen molar-refractivity contribution >= 4 is 43.6 Å². The van der Waals surface area contributed by atoms with Crippen LogP contribution >= 0.6 is 0 Å². The molecule has 0 fully saturated rings. The molecule has 290 valence electrons. The van der Waals surface area contributed by atoms with Crippen LogP contribution in [-0.4, -0.2) is 9.13 Å². The molecule has 0 aliphatic heterocycles. The van der Waals surface area contributed by atoms with E-state index < -0.39 is 0 Å². The molecular formula is C60H40N2. The Labute approximate surface area is 360 Å². The SMILES string of the molecule is c1ccc(-c2ccccc2-c2cccc(-n3c4ccccc4c4cc(-c5ccc6c(c5)c5ccccc5n6-c5cccc(-c6ccccc6-c6ccccc6)c5)ccc43)c2)cc1. The molecule has 2 heteroatoms. The van der Waals surface area contributed by atoms with Gasteiger partial charge >= 0.3 is 0 Å². The zero-order valence-electron chi connectivity index (χ0n) is 34.0. The molecule has 10 aromatic carbocycles. The van der Waals surface area contributed by atoms with Gasteiger partial charge in [-0.05, 0) is 116 Å². The Morgan fingerprint density at radius 1 is 0.194 bits per heavy atom. The van der Waals surface area contributed by atoms with Gasteiger partial charge in [0.2, 0.25) is 0 Å². The van der Waals surface area contributed by atoms with Crippen molar-refractivity contribution in [2.75, 3.05) is 0 Å². The molecule has 0 aliphatic rings. The second-order valence-corrected chi connectivity index (χ2v) is 16.1. The number of aromatic nitrogens is 2. The summed E-state index contributed by atoms with van der Waals surface area (Å²) in [5, 5.41) is 4.96. The summed E-state index contributed by atoms with van der Waals surface area (Å²) in [5.74, 6) is 0. The minimum atomic E-state index is 1.14. The molecule has 2 heterocycles. The van der Waals surface area contributed by atoms with Crippen molar-refractivity contribution in [2.24, 2.45) is 0 Å². The number of benzene rings is 10. The second kappa shape index (κ2) is 14.8. The largest absolute Gasteiger partial charge is 0.309 e. The summed E-state index contributed by atoms with van der Waals surface area (Å²) in [4.78, 5) is 0. The Balaban J connectivity index is 0.964. The van der Waals surface area contributed by atoms with Gasteiger partial charge in [-0.3, -0.25) is 0 Å². The minimum Gasteiger partial charge on any atom is -0.309 e. The van der Waals surface area contributed by atoms with Crippen molar-refractivity contribution in [3.05, 3.63) is 243 Å². The molecule has 62 heavy (non-hydrogen) atoms. The predicted octanol–water partition coefficient (Wildman–Crippen LogP) is 16.2. The third-order valence-electron chi connectivity index (χ3n) is 12.5. The molecule has 0 saturated carbocycles. The average Bonchev–Trinajstić information content (AvgIpc) is 3.87. The Hall–Kier alpha value is -8.20. The van der Waals surface area contributed by atoms with Gasteiger partial charge < -0.3 is 9.13 Å². The van der Waals surface area contributed by atoms with Crippen molar-refractivity contribution in [1.82, 2.24) is 9.13 Å². The third kappa shape index (κ3) is 5.96. The first-order chi connectivity index (χ1) is 30.8. The normalized spacial score (nSPS) is 11.5. The van der Waals surface area contributed by atoms with Gasteiger partial charge in [0, 0.05) is 32.9 Å². The number of rotatable bonds is 7. The molecule has 0 aliphatic carbocycles. The molecule has 12 aromatic rings. The Morgan fingerprint density at radius 3 is 0.968 bits per heavy atom. The molecule has 0 spiro atoms. The Kier molecular flexibility index (Phi) is 8.53. The fourth-order valence-electron chi connectivity index (χ4n) is 9.69. The minimum absolute atomic E-state index is 1.14. The van der Waals surface area contributed by atoms with E-state index in [-0.39, 0.29) is 0 Å². The Bertz CT molecular complexity index is 3380. The van der Waals surface area contributed by atoms with E-state index in [9.17, 15) is 0 Å². The number of fused-ring (bicyclic) bond motifs is 6. The molecular weight excluding hydrogens is 749 g/mol. The van der Waals surface area contributed by atoms with Crippen LogP contribution in [0, 0.1) is 0 Å². The van der Waals surface area contributed by atoms with Gasteiger partial charge in [0.05, 0.1) is 22.1 Å². The molecule has 0 bridgehead atoms. The highest BCUT2D eigenvalue weighted by Crippen LogP contribution is 2.41. The quantitative estimate of drug-likeness (QED) is 0.152. The van der Waals surface area contributed by atoms with Crippen LogP contribution < -0.4 is 0 Å². The summed E-state index contributed by atoms with van der Waals surface area (Å²) >= 11 is 0. The fourth-order valence-corrected chi connectivity index (χ4v) is 9.69. The summed E-state index contributed by atoms with van der Waals surface area (Å²) < 4.78 is 4.85. The van der Waals surface area contributed by atoms with Gasteiger partial charge in [-0.25, -0.2) is 0 Å². The second-order valence-electron chi connectivity index (χ2n) is 16.1. The topological polar surface area (TPSA) is 9.86 Å². The lowest BCUT2D eigenvalue weighted by Gasteiger charge is -2.14. The van der Waals surface area contributed by atoms with E-state index in [0.29, 0.717) is 0 Å². The fraction of sp³-hybridized carbons (Fsp3) is 0. The lowest BCUT2D eigenvalue weighted by Crippen LogP contribution is -1.95. The van der Waals surface area contributed by atoms with Gasteiger partial charge in [-0.1, -0.05) is 182 Å². The number of hydrogen-bond acceptors (Lipinski definition) is 0. The van der Waals surface area contributed by atoms with E-state index in [1.54, 1.807) is 0 Å². The highest BCUT2D eigenvalue weighted by molar-refractivity contribution is 6.13. The summed E-state index contributed by atoms with van der Waals surface area (Å²) in [6.07, 6.45) is 0. The highest BCUT2D eigenvalue weighted by atomic mass is 15.0. The van der Waals surface area contributed by atoms with Gasteiger partial charge in [-0.2, -0.15) is 0 Å². The van der Waals surface area contributed by atoms with E-state index in [1.807, 2.05) is 0 Å². The van der Waals surface area contributed by atoms with Gasteiger partial charge in [-0.15, -0.1) is 0 Å². The molecule has 0 atom stereocenters. The average molecular weight is 789 g/mol. The first-order valence-electron chi connectivity index (χ1n) is 21.3. The van der Waals surface area contributed by atoms with Crippen LogP contribution in [0.3, 0.4) is 0 Å². The Morgan fingerprint density at radius 2 is 0.532 bits per heavy atom. The highest BCUT2D eigenvalue weighted by Gasteiger charge is 2.18. The van der Waals surface area contributed by atoms with Crippen molar-refractivity contribution in [1.29, 1.82) is 0 Å². The smallest absolute Gasteiger partial charge is 0.0541 e. The summed E-state index contributed by atoms with van der Waals surface area (Å²) in [6, 6.07) is 88.3. The maximum Gasteiger partial charge on any atom is 0.0541 e. The van der Waals surface area contributed by atoms with Gasteiger partial charge in [0.15, 0.2) is 0 Å². The lowest BCUT2D eigenvalue weighted by molar-refractivity contribution is 1.18. The van der Waals surface area contributed by atoms with E-state index in [2.05, 4.69) is 252 Å². The van der Waals surface area contributed by atoms with E-state index in [0.717, 1.165) is 11.4 Å². The molecule has 0 unspecified atom stereocenters. The van der Waals surface area contributed by atoms with E-state index in [1.165, 1.54) is 99.2 Å². The summed E-state index contributed by atoms with van der Waals surface area (Å²) in [5.41, 5.74) is 19.2. The third-order valence-corrected chi connectivity index (χ3v) is 12.5. The van der Waals surface area contributed by atoms with Crippen molar-refractivity contribution < 1.29 is 0 Å². The van der Waals surface area contributed by atoms with Crippen LogP contribution in [-0.2, 0) is 0 Å². The van der Waals surface area contributed by atoms with E-state index in [4.69, 9.17) is 0 Å². The lowest BCUT2D eigenvalue weighted by atomic mass is 9.94. The summed E-state index contributed by atoms with van der Waals surface area (Å²) in [6.45, 7) is 0. The summed E-state index contributed by atoms with van der Waals surface area (Å²) in [7, 11) is 0. The zero-order chi connectivity index (χ0) is 41.0. The molecule has 0 N–H and O–H groups in total. The van der Waals surface area contributed by atoms with Crippen LogP contribution in [0.4, 0.5) is 0 Å². The predicted molar refractivity (Wildman–Crippen MR) is 262 cm³/mol.